The molecule has 98 valence electrons. The number of hydrogen-bond donors (Lipinski definition) is 0. The van der Waals surface area contributed by atoms with Gasteiger partial charge in [0.15, 0.2) is 0 Å². The summed E-state index contributed by atoms with van der Waals surface area (Å²) >= 11 is 0. The summed E-state index contributed by atoms with van der Waals surface area (Å²) in [7, 11) is 0. The van der Waals surface area contributed by atoms with Gasteiger partial charge < -0.3 is 4.79 Å². The van der Waals surface area contributed by atoms with Crippen LogP contribution in [0.5, 0.6) is 0 Å². The molecule has 19 heavy (non-hydrogen) atoms. The smallest absolute Gasteiger partial charge is 0.120 e. The average Bonchev–Trinajstić information content (AvgIpc) is 2.47. The van der Waals surface area contributed by atoms with Crippen LogP contribution in [-0.4, -0.2) is 6.29 Å². The zero-order valence-corrected chi connectivity index (χ0v) is 11.4. The summed E-state index contributed by atoms with van der Waals surface area (Å²) in [5.74, 6) is 0. The third-order valence-corrected chi connectivity index (χ3v) is 3.33. The zero-order valence-electron chi connectivity index (χ0n) is 11.4. The molecule has 0 aromatic heterocycles. The summed E-state index contributed by atoms with van der Waals surface area (Å²) in [6, 6.07) is 17.3. The van der Waals surface area contributed by atoms with E-state index in [2.05, 4.69) is 55.5 Å². The van der Waals surface area contributed by atoms with E-state index in [4.69, 9.17) is 0 Å². The molecule has 0 amide bonds. The lowest BCUT2D eigenvalue weighted by Gasteiger charge is -2.05. The summed E-state index contributed by atoms with van der Waals surface area (Å²) in [6.45, 7) is 2.20. The second-order valence-corrected chi connectivity index (χ2v) is 4.85. The van der Waals surface area contributed by atoms with Crippen LogP contribution in [0.25, 0.3) is 11.1 Å². The van der Waals surface area contributed by atoms with Gasteiger partial charge in [0.25, 0.3) is 0 Å². The molecular formula is C18H20O. The number of carbonyl (C=O) groups is 1. The molecule has 0 bridgehead atoms. The minimum atomic E-state index is 0.602. The molecule has 1 nitrogen and oxygen atoms in total. The van der Waals surface area contributed by atoms with Crippen LogP contribution in [0.2, 0.25) is 0 Å². The Morgan fingerprint density at radius 3 is 1.68 bits per heavy atom. The number of aldehydes is 1. The minimum Gasteiger partial charge on any atom is -0.303 e. The lowest BCUT2D eigenvalue weighted by molar-refractivity contribution is -0.107. The second kappa shape index (κ2) is 6.89. The third-order valence-electron chi connectivity index (χ3n) is 3.33. The molecule has 2 aromatic rings. The monoisotopic (exact) mass is 252 g/mol. The topological polar surface area (TPSA) is 17.1 Å². The Labute approximate surface area is 115 Å². The molecule has 1 heteroatoms. The molecule has 0 heterocycles. The van der Waals surface area contributed by atoms with Gasteiger partial charge in [0.2, 0.25) is 0 Å². The molecule has 0 aliphatic rings. The molecule has 0 fully saturated rings. The summed E-state index contributed by atoms with van der Waals surface area (Å²) < 4.78 is 0. The quantitative estimate of drug-likeness (QED) is 0.695. The molecule has 0 aliphatic heterocycles. The van der Waals surface area contributed by atoms with Crippen LogP contribution in [0.4, 0.5) is 0 Å². The molecule has 0 radical (unpaired) electrons. The third kappa shape index (κ3) is 3.78. The van der Waals surface area contributed by atoms with Crippen molar-refractivity contribution >= 4 is 6.29 Å². The van der Waals surface area contributed by atoms with E-state index in [1.165, 1.54) is 28.7 Å². The van der Waals surface area contributed by atoms with Crippen LogP contribution < -0.4 is 0 Å². The Kier molecular flexibility index (Phi) is 4.91. The van der Waals surface area contributed by atoms with Gasteiger partial charge in [0.1, 0.15) is 6.29 Å². The van der Waals surface area contributed by atoms with Crippen LogP contribution in [0.1, 0.15) is 30.9 Å². The van der Waals surface area contributed by atoms with E-state index in [1.54, 1.807) is 0 Å². The highest BCUT2D eigenvalue weighted by atomic mass is 16.1. The number of rotatable bonds is 6. The highest BCUT2D eigenvalue weighted by Gasteiger charge is 1.99. The Balaban J connectivity index is 2.10. The van der Waals surface area contributed by atoms with E-state index in [0.717, 1.165) is 19.1 Å². The highest BCUT2D eigenvalue weighted by molar-refractivity contribution is 5.64. The number of benzene rings is 2. The largest absolute Gasteiger partial charge is 0.303 e. The SMILES string of the molecule is CCCc1ccc(-c2ccc(CCC=O)cc2)cc1. The summed E-state index contributed by atoms with van der Waals surface area (Å²) in [5.41, 5.74) is 5.10. The average molecular weight is 252 g/mol. The Bertz CT molecular complexity index is 508. The molecule has 2 aromatic carbocycles. The van der Waals surface area contributed by atoms with Crippen molar-refractivity contribution in [2.24, 2.45) is 0 Å². The summed E-state index contributed by atoms with van der Waals surface area (Å²) in [4.78, 5) is 10.4. The van der Waals surface area contributed by atoms with Gasteiger partial charge in [0.05, 0.1) is 0 Å². The van der Waals surface area contributed by atoms with Crippen molar-refractivity contribution in [2.75, 3.05) is 0 Å². The van der Waals surface area contributed by atoms with Crippen molar-refractivity contribution in [1.29, 1.82) is 0 Å². The second-order valence-electron chi connectivity index (χ2n) is 4.85. The maximum atomic E-state index is 10.4. The molecule has 0 saturated carbocycles. The first-order valence-corrected chi connectivity index (χ1v) is 6.95. The van der Waals surface area contributed by atoms with E-state index in [-0.39, 0.29) is 0 Å². The van der Waals surface area contributed by atoms with Crippen molar-refractivity contribution in [3.8, 4) is 11.1 Å². The van der Waals surface area contributed by atoms with Gasteiger partial charge >= 0.3 is 0 Å². The molecule has 0 N–H and O–H groups in total. The van der Waals surface area contributed by atoms with Crippen LogP contribution in [-0.2, 0) is 17.6 Å². The first-order chi connectivity index (χ1) is 9.33. The van der Waals surface area contributed by atoms with E-state index in [9.17, 15) is 4.79 Å². The van der Waals surface area contributed by atoms with E-state index in [1.807, 2.05) is 0 Å². The first-order valence-electron chi connectivity index (χ1n) is 6.95. The van der Waals surface area contributed by atoms with Crippen molar-refractivity contribution in [2.45, 2.75) is 32.6 Å². The number of aryl methyl sites for hydroxylation is 2. The molecular weight excluding hydrogens is 232 g/mol. The fourth-order valence-electron chi connectivity index (χ4n) is 2.24. The molecule has 0 saturated heterocycles. The molecule has 0 atom stereocenters. The fourth-order valence-corrected chi connectivity index (χ4v) is 2.24. The van der Waals surface area contributed by atoms with Gasteiger partial charge in [-0.05, 0) is 35.1 Å². The van der Waals surface area contributed by atoms with Crippen molar-refractivity contribution in [3.63, 3.8) is 0 Å². The minimum absolute atomic E-state index is 0.602. The van der Waals surface area contributed by atoms with Gasteiger partial charge in [-0.1, -0.05) is 61.9 Å². The fraction of sp³-hybridized carbons (Fsp3) is 0.278. The van der Waals surface area contributed by atoms with E-state index < -0.39 is 0 Å². The predicted octanol–water partition coefficient (Wildman–Crippen LogP) is 4.44. The Hall–Kier alpha value is -1.89. The predicted molar refractivity (Wildman–Crippen MR) is 80.3 cm³/mol. The maximum absolute atomic E-state index is 10.4. The molecule has 0 spiro atoms. The van der Waals surface area contributed by atoms with Crippen LogP contribution in [0, 0.1) is 0 Å². The zero-order chi connectivity index (χ0) is 13.5. The maximum Gasteiger partial charge on any atom is 0.120 e. The van der Waals surface area contributed by atoms with Gasteiger partial charge in [-0.15, -0.1) is 0 Å². The number of hydrogen-bond acceptors (Lipinski definition) is 1. The van der Waals surface area contributed by atoms with Crippen molar-refractivity contribution in [1.82, 2.24) is 0 Å². The van der Waals surface area contributed by atoms with Crippen LogP contribution in [0.3, 0.4) is 0 Å². The van der Waals surface area contributed by atoms with E-state index >= 15 is 0 Å². The van der Waals surface area contributed by atoms with Gasteiger partial charge in [-0.25, -0.2) is 0 Å². The lowest BCUT2D eigenvalue weighted by Crippen LogP contribution is -1.87. The Morgan fingerprint density at radius 2 is 1.26 bits per heavy atom. The van der Waals surface area contributed by atoms with Gasteiger partial charge in [-0.2, -0.15) is 0 Å². The normalized spacial score (nSPS) is 10.4. The molecule has 0 aliphatic carbocycles. The van der Waals surface area contributed by atoms with E-state index in [0.29, 0.717) is 6.42 Å². The Morgan fingerprint density at radius 1 is 0.789 bits per heavy atom. The summed E-state index contributed by atoms with van der Waals surface area (Å²) in [6.07, 6.45) is 4.74. The van der Waals surface area contributed by atoms with Crippen molar-refractivity contribution < 1.29 is 4.79 Å². The van der Waals surface area contributed by atoms with Crippen molar-refractivity contribution in [3.05, 3.63) is 59.7 Å². The summed E-state index contributed by atoms with van der Waals surface area (Å²) in [5, 5.41) is 0. The van der Waals surface area contributed by atoms with Gasteiger partial charge in [-0.3, -0.25) is 0 Å². The van der Waals surface area contributed by atoms with Gasteiger partial charge in [0, 0.05) is 6.42 Å². The lowest BCUT2D eigenvalue weighted by atomic mass is 10.0. The van der Waals surface area contributed by atoms with Crippen LogP contribution >= 0.6 is 0 Å². The standard InChI is InChI=1S/C18H20O/c1-2-4-15-6-10-17(11-7-15)18-12-8-16(9-13-18)5-3-14-19/h6-14H,2-5H2,1H3. The first kappa shape index (κ1) is 13.5. The molecule has 2 rings (SSSR count). The highest BCUT2D eigenvalue weighted by Crippen LogP contribution is 2.21. The van der Waals surface area contributed by atoms with Crippen LogP contribution in [0.15, 0.2) is 48.5 Å². The number of carbonyl (C=O) groups excluding carboxylic acids is 1. The molecule has 0 unspecified atom stereocenters.